The summed E-state index contributed by atoms with van der Waals surface area (Å²) in [6, 6.07) is 0. The van der Waals surface area contributed by atoms with E-state index in [9.17, 15) is 5.11 Å². The molecule has 3 aliphatic carbocycles. The van der Waals surface area contributed by atoms with Crippen LogP contribution in [0.4, 0.5) is 0 Å². The number of epoxide rings is 1. The van der Waals surface area contributed by atoms with Gasteiger partial charge in [-0.3, -0.25) is 0 Å². The zero-order chi connectivity index (χ0) is 13.7. The van der Waals surface area contributed by atoms with Gasteiger partial charge in [0, 0.05) is 13.9 Å². The highest BCUT2D eigenvalue weighted by molar-refractivity contribution is 8.00. The summed E-state index contributed by atoms with van der Waals surface area (Å²) in [6.07, 6.45) is 4.36. The molecule has 19 heavy (non-hydrogen) atoms. The fourth-order valence-electron chi connectivity index (χ4n) is 6.00. The molecule has 108 valence electrons. The maximum atomic E-state index is 11.4. The standard InChI is InChI=1S/C14H24O3P2/c1-11(2)8-4-6-12(11,3)14-9(16-14)5-7-13(14,15)10(8)17-19-18/h8-10,15,19H,4-7,18H2,1-3H3/t8?,9-,10-,12?,13+,14-/m0/s1. The highest BCUT2D eigenvalue weighted by Gasteiger charge is 2.88. The first kappa shape index (κ1) is 13.4. The van der Waals surface area contributed by atoms with Crippen molar-refractivity contribution in [1.29, 1.82) is 0 Å². The van der Waals surface area contributed by atoms with Gasteiger partial charge in [0.25, 0.3) is 0 Å². The van der Waals surface area contributed by atoms with Crippen LogP contribution in [0.2, 0.25) is 0 Å². The van der Waals surface area contributed by atoms with E-state index >= 15 is 0 Å². The molecular formula is C14H24O3P2. The predicted octanol–water partition coefficient (Wildman–Crippen LogP) is 2.87. The molecule has 1 spiro atoms. The van der Waals surface area contributed by atoms with Crippen LogP contribution in [0.5, 0.6) is 0 Å². The molecule has 1 aliphatic heterocycles. The van der Waals surface area contributed by atoms with Crippen LogP contribution < -0.4 is 0 Å². The van der Waals surface area contributed by atoms with Crippen molar-refractivity contribution < 1.29 is 14.4 Å². The second-order valence-electron chi connectivity index (χ2n) is 7.66. The number of ether oxygens (including phenoxy) is 1. The van der Waals surface area contributed by atoms with E-state index in [2.05, 4.69) is 29.7 Å². The third-order valence-electron chi connectivity index (χ3n) is 7.31. The van der Waals surface area contributed by atoms with Gasteiger partial charge < -0.3 is 14.4 Å². The second-order valence-corrected chi connectivity index (χ2v) is 8.84. The Bertz CT molecular complexity index is 442. The topological polar surface area (TPSA) is 42.0 Å². The molecule has 5 heteroatoms. The Morgan fingerprint density at radius 2 is 2.00 bits per heavy atom. The molecule has 1 N–H and O–H groups in total. The van der Waals surface area contributed by atoms with E-state index in [0.29, 0.717) is 14.4 Å². The third kappa shape index (κ3) is 1.14. The average molecular weight is 302 g/mol. The van der Waals surface area contributed by atoms with E-state index < -0.39 is 5.60 Å². The van der Waals surface area contributed by atoms with Crippen molar-refractivity contribution in [2.45, 2.75) is 69.9 Å². The quantitative estimate of drug-likeness (QED) is 0.630. The highest BCUT2D eigenvalue weighted by atomic mass is 32.0. The maximum Gasteiger partial charge on any atom is 0.132 e. The summed E-state index contributed by atoms with van der Waals surface area (Å²) >= 11 is 0. The van der Waals surface area contributed by atoms with Gasteiger partial charge in [0.2, 0.25) is 0 Å². The molecule has 0 aromatic rings. The first-order chi connectivity index (χ1) is 8.85. The van der Waals surface area contributed by atoms with Crippen LogP contribution >= 0.6 is 17.4 Å². The van der Waals surface area contributed by atoms with Crippen molar-refractivity contribution in [3.05, 3.63) is 0 Å². The zero-order valence-electron chi connectivity index (χ0n) is 11.9. The summed E-state index contributed by atoms with van der Waals surface area (Å²) in [5.74, 6) is 0.448. The van der Waals surface area contributed by atoms with Crippen LogP contribution in [0.15, 0.2) is 0 Å². The van der Waals surface area contributed by atoms with E-state index in [0.717, 1.165) is 25.7 Å². The van der Waals surface area contributed by atoms with Crippen molar-refractivity contribution in [1.82, 2.24) is 0 Å². The Labute approximate surface area is 119 Å². The molecule has 2 bridgehead atoms. The molecule has 3 saturated carbocycles. The largest absolute Gasteiger partial charge is 0.384 e. The van der Waals surface area contributed by atoms with Crippen LogP contribution in [-0.2, 0) is 9.26 Å². The van der Waals surface area contributed by atoms with Crippen molar-refractivity contribution in [2.24, 2.45) is 16.7 Å². The lowest BCUT2D eigenvalue weighted by Gasteiger charge is -2.59. The Morgan fingerprint density at radius 3 is 2.63 bits per heavy atom. The van der Waals surface area contributed by atoms with E-state index in [1.807, 2.05) is 0 Å². The molecule has 0 amide bonds. The molecule has 4 fully saturated rings. The smallest absolute Gasteiger partial charge is 0.132 e. The number of hydrogen-bond donors (Lipinski definition) is 1. The zero-order valence-corrected chi connectivity index (χ0v) is 14.1. The van der Waals surface area contributed by atoms with Gasteiger partial charge in [-0.25, -0.2) is 0 Å². The summed E-state index contributed by atoms with van der Waals surface area (Å²) < 4.78 is 12.2. The minimum atomic E-state index is -0.757. The van der Waals surface area contributed by atoms with Gasteiger partial charge in [0.1, 0.15) is 11.2 Å². The van der Waals surface area contributed by atoms with Crippen molar-refractivity contribution in [3.63, 3.8) is 0 Å². The minimum Gasteiger partial charge on any atom is -0.384 e. The number of fused-ring (bicyclic) bond motifs is 2. The minimum absolute atomic E-state index is 0.0543. The van der Waals surface area contributed by atoms with E-state index in [-0.39, 0.29) is 28.6 Å². The second kappa shape index (κ2) is 3.55. The van der Waals surface area contributed by atoms with Crippen molar-refractivity contribution >= 4 is 17.4 Å². The van der Waals surface area contributed by atoms with Crippen LogP contribution in [-0.4, -0.2) is 28.5 Å². The molecular weight excluding hydrogens is 278 g/mol. The lowest BCUT2D eigenvalue weighted by molar-refractivity contribution is -0.222. The summed E-state index contributed by atoms with van der Waals surface area (Å²) in [6.45, 7) is 7.07. The number of aliphatic hydroxyl groups is 1. The van der Waals surface area contributed by atoms with Gasteiger partial charge in [0.15, 0.2) is 0 Å². The van der Waals surface area contributed by atoms with E-state index in [4.69, 9.17) is 9.26 Å². The van der Waals surface area contributed by atoms with Gasteiger partial charge in [0.05, 0.1) is 12.2 Å². The van der Waals surface area contributed by atoms with Crippen LogP contribution in [0.25, 0.3) is 0 Å². The Hall–Kier alpha value is 0.740. The van der Waals surface area contributed by atoms with Gasteiger partial charge in [-0.15, -0.1) is 0 Å². The number of hydrogen-bond acceptors (Lipinski definition) is 3. The molecule has 4 rings (SSSR count). The SMILES string of the molecule is CC1(C)C2CCC1(C)[C@@]13O[C@H]1CC[C@@]3(O)[C@H]2OPP. The first-order valence-electron chi connectivity index (χ1n) is 7.36. The summed E-state index contributed by atoms with van der Waals surface area (Å²) in [4.78, 5) is 0. The van der Waals surface area contributed by atoms with Crippen LogP contribution in [0, 0.1) is 16.7 Å². The van der Waals surface area contributed by atoms with Gasteiger partial charge in [-0.05, 0) is 37.0 Å². The molecule has 0 radical (unpaired) electrons. The molecule has 0 aromatic heterocycles. The third-order valence-corrected chi connectivity index (χ3v) is 8.11. The summed E-state index contributed by atoms with van der Waals surface area (Å²) in [7, 11) is 3.02. The monoisotopic (exact) mass is 302 g/mol. The van der Waals surface area contributed by atoms with Crippen molar-refractivity contribution in [3.8, 4) is 0 Å². The number of rotatable bonds is 2. The Morgan fingerprint density at radius 1 is 1.26 bits per heavy atom. The molecule has 4 aliphatic rings. The molecule has 4 unspecified atom stereocenters. The fourth-order valence-corrected chi connectivity index (χ4v) is 6.95. The van der Waals surface area contributed by atoms with Crippen molar-refractivity contribution in [2.75, 3.05) is 0 Å². The average Bonchev–Trinajstić information content (AvgIpc) is 2.98. The molecule has 8 atom stereocenters. The molecule has 1 heterocycles. The Kier molecular flexibility index (Phi) is 2.51. The lowest BCUT2D eigenvalue weighted by Crippen LogP contribution is -2.69. The Balaban J connectivity index is 1.89. The predicted molar refractivity (Wildman–Crippen MR) is 79.3 cm³/mol. The molecule has 0 aromatic carbocycles. The first-order valence-corrected chi connectivity index (χ1v) is 10.1. The van der Waals surface area contributed by atoms with Gasteiger partial charge in [-0.1, -0.05) is 29.7 Å². The summed E-state index contributed by atoms with van der Waals surface area (Å²) in [5.41, 5.74) is -0.824. The normalized spacial score (nSPS) is 61.4. The van der Waals surface area contributed by atoms with E-state index in [1.165, 1.54) is 0 Å². The molecule has 1 saturated heterocycles. The van der Waals surface area contributed by atoms with Crippen LogP contribution in [0.1, 0.15) is 46.5 Å². The maximum absolute atomic E-state index is 11.4. The van der Waals surface area contributed by atoms with Crippen LogP contribution in [0.3, 0.4) is 0 Å². The van der Waals surface area contributed by atoms with Gasteiger partial charge >= 0.3 is 0 Å². The molecule has 3 nitrogen and oxygen atoms in total. The van der Waals surface area contributed by atoms with Gasteiger partial charge in [-0.2, -0.15) is 0 Å². The highest BCUT2D eigenvalue weighted by Crippen LogP contribution is 2.79. The van der Waals surface area contributed by atoms with E-state index in [1.54, 1.807) is 0 Å². The summed E-state index contributed by atoms with van der Waals surface area (Å²) in [5, 5.41) is 11.4. The lowest BCUT2D eigenvalue weighted by atomic mass is 9.49. The fraction of sp³-hybridized carbons (Fsp3) is 1.00.